The first kappa shape index (κ1) is 17.3. The van der Waals surface area contributed by atoms with Crippen molar-refractivity contribution in [2.45, 2.75) is 6.42 Å². The number of sulfone groups is 2. The fraction of sp³-hybridized carbons (Fsp3) is 0.176. The van der Waals surface area contributed by atoms with Crippen molar-refractivity contribution in [1.29, 1.82) is 0 Å². The SMILES string of the molecule is O=S(=O)(C#Cc1ccccc1)CS(=O)(=O)CCc1ccccc1. The molecule has 0 amide bonds. The molecule has 0 aromatic heterocycles. The first-order chi connectivity index (χ1) is 10.9. The average molecular weight is 348 g/mol. The third-order valence-corrected chi connectivity index (χ3v) is 6.92. The van der Waals surface area contributed by atoms with Crippen LogP contribution in [0.1, 0.15) is 11.1 Å². The topological polar surface area (TPSA) is 68.3 Å². The summed E-state index contributed by atoms with van der Waals surface area (Å²) in [5, 5.41) is 1.12. The minimum absolute atomic E-state index is 0.219. The van der Waals surface area contributed by atoms with Crippen LogP contribution in [-0.2, 0) is 26.1 Å². The number of aryl methyl sites for hydroxylation is 1. The maximum Gasteiger partial charge on any atom is 0.231 e. The van der Waals surface area contributed by atoms with E-state index in [0.717, 1.165) is 5.56 Å². The Morgan fingerprint density at radius 1 is 0.783 bits per heavy atom. The molecule has 0 bridgehead atoms. The summed E-state index contributed by atoms with van der Waals surface area (Å²) in [6.45, 7) is 0. The second kappa shape index (κ2) is 7.44. The lowest BCUT2D eigenvalue weighted by molar-refractivity contribution is 0.593. The molecular formula is C17H16O4S2. The van der Waals surface area contributed by atoms with Gasteiger partial charge in [-0.25, -0.2) is 16.8 Å². The number of hydrogen-bond donors (Lipinski definition) is 0. The van der Waals surface area contributed by atoms with Crippen molar-refractivity contribution in [2.75, 3.05) is 10.8 Å². The highest BCUT2D eigenvalue weighted by Gasteiger charge is 2.20. The molecule has 23 heavy (non-hydrogen) atoms. The molecule has 0 saturated carbocycles. The smallest absolute Gasteiger partial charge is 0.228 e. The Morgan fingerprint density at radius 3 is 1.96 bits per heavy atom. The molecule has 0 saturated heterocycles. The van der Waals surface area contributed by atoms with Gasteiger partial charge < -0.3 is 0 Å². The van der Waals surface area contributed by atoms with E-state index in [2.05, 4.69) is 11.2 Å². The predicted octanol–water partition coefficient (Wildman–Crippen LogP) is 2.03. The Labute approximate surface area is 137 Å². The van der Waals surface area contributed by atoms with E-state index in [1.807, 2.05) is 18.2 Å². The summed E-state index contributed by atoms with van der Waals surface area (Å²) in [5.74, 6) is 2.26. The zero-order valence-corrected chi connectivity index (χ0v) is 14.0. The highest BCUT2D eigenvalue weighted by molar-refractivity contribution is 8.10. The Balaban J connectivity index is 2.03. The quantitative estimate of drug-likeness (QED) is 0.775. The largest absolute Gasteiger partial charge is 0.231 e. The normalized spacial score (nSPS) is 11.5. The van der Waals surface area contributed by atoms with E-state index >= 15 is 0 Å². The molecule has 2 aromatic rings. The summed E-state index contributed by atoms with van der Waals surface area (Å²) in [5.41, 5.74) is 1.38. The molecular weight excluding hydrogens is 332 g/mol. The standard InChI is InChI=1S/C17H16O4S2/c18-22(19,13-11-16-7-3-1-4-8-16)15-23(20,21)14-12-17-9-5-2-6-10-17/h1-10H,11,13,15H2. The van der Waals surface area contributed by atoms with Crippen molar-refractivity contribution < 1.29 is 16.8 Å². The molecule has 2 aromatic carbocycles. The van der Waals surface area contributed by atoms with Crippen LogP contribution in [0.5, 0.6) is 0 Å². The fourth-order valence-electron chi connectivity index (χ4n) is 1.90. The highest BCUT2D eigenvalue weighted by atomic mass is 32.3. The summed E-state index contributed by atoms with van der Waals surface area (Å²) in [4.78, 5) is 0. The van der Waals surface area contributed by atoms with Crippen LogP contribution in [0.3, 0.4) is 0 Å². The maximum absolute atomic E-state index is 12.0. The van der Waals surface area contributed by atoms with Gasteiger partial charge in [-0.1, -0.05) is 48.5 Å². The molecule has 0 aliphatic rings. The molecule has 4 nitrogen and oxygen atoms in total. The Bertz CT molecular complexity index is 905. The van der Waals surface area contributed by atoms with Gasteiger partial charge in [0.2, 0.25) is 9.84 Å². The minimum atomic E-state index is -3.99. The van der Waals surface area contributed by atoms with E-state index in [-0.39, 0.29) is 12.2 Å². The molecule has 0 aliphatic carbocycles. The number of benzene rings is 2. The van der Waals surface area contributed by atoms with Gasteiger partial charge in [-0.15, -0.1) is 0 Å². The van der Waals surface area contributed by atoms with Gasteiger partial charge in [-0.2, -0.15) is 0 Å². The number of hydrogen-bond acceptors (Lipinski definition) is 4. The van der Waals surface area contributed by atoms with Crippen molar-refractivity contribution in [3.8, 4) is 11.2 Å². The van der Waals surface area contributed by atoms with Crippen LogP contribution in [0.15, 0.2) is 60.7 Å². The lowest BCUT2D eigenvalue weighted by Gasteiger charge is -2.03. The molecule has 0 spiro atoms. The van der Waals surface area contributed by atoms with Crippen molar-refractivity contribution in [3.63, 3.8) is 0 Å². The van der Waals surface area contributed by atoms with Gasteiger partial charge in [-0.3, -0.25) is 0 Å². The summed E-state index contributed by atoms with van der Waals surface area (Å²) < 4.78 is 47.7. The second-order valence-corrected chi connectivity index (χ2v) is 9.28. The van der Waals surface area contributed by atoms with Crippen molar-refractivity contribution >= 4 is 19.7 Å². The van der Waals surface area contributed by atoms with Crippen molar-refractivity contribution in [3.05, 3.63) is 71.8 Å². The molecule has 120 valence electrons. The minimum Gasteiger partial charge on any atom is -0.228 e. The first-order valence-electron chi connectivity index (χ1n) is 6.91. The van der Waals surface area contributed by atoms with Gasteiger partial charge in [0.05, 0.1) is 5.75 Å². The summed E-state index contributed by atoms with van der Waals surface area (Å²) in [7, 11) is -7.72. The van der Waals surface area contributed by atoms with Crippen molar-refractivity contribution in [2.24, 2.45) is 0 Å². The Morgan fingerprint density at radius 2 is 1.35 bits per heavy atom. The predicted molar refractivity (Wildman–Crippen MR) is 91.0 cm³/mol. The van der Waals surface area contributed by atoms with Crippen LogP contribution in [0.4, 0.5) is 0 Å². The van der Waals surface area contributed by atoms with Crippen LogP contribution < -0.4 is 0 Å². The van der Waals surface area contributed by atoms with Gasteiger partial charge in [-0.05, 0) is 30.0 Å². The van der Waals surface area contributed by atoms with E-state index in [0.29, 0.717) is 5.56 Å². The monoisotopic (exact) mass is 348 g/mol. The summed E-state index contributed by atoms with van der Waals surface area (Å²) >= 11 is 0. The molecule has 0 radical (unpaired) electrons. The summed E-state index contributed by atoms with van der Waals surface area (Å²) in [6, 6.07) is 17.6. The molecule has 6 heteroatoms. The van der Waals surface area contributed by atoms with E-state index in [1.54, 1.807) is 42.5 Å². The average Bonchev–Trinajstić information content (AvgIpc) is 2.52. The van der Waals surface area contributed by atoms with Gasteiger partial charge in [0.25, 0.3) is 0 Å². The lowest BCUT2D eigenvalue weighted by atomic mass is 10.2. The molecule has 0 N–H and O–H groups in total. The van der Waals surface area contributed by atoms with Gasteiger partial charge >= 0.3 is 0 Å². The van der Waals surface area contributed by atoms with E-state index in [1.165, 1.54) is 0 Å². The second-order valence-electron chi connectivity index (χ2n) is 5.01. The Kier molecular flexibility index (Phi) is 5.59. The van der Waals surface area contributed by atoms with Crippen LogP contribution in [0, 0.1) is 11.2 Å². The molecule has 0 unspecified atom stereocenters. The Hall–Kier alpha value is -2.10. The number of rotatable bonds is 5. The van der Waals surface area contributed by atoms with Crippen LogP contribution >= 0.6 is 0 Å². The van der Waals surface area contributed by atoms with Gasteiger partial charge in [0.1, 0.15) is 0 Å². The van der Waals surface area contributed by atoms with Crippen LogP contribution in [0.25, 0.3) is 0 Å². The van der Waals surface area contributed by atoms with E-state index in [4.69, 9.17) is 0 Å². The fourth-order valence-corrected chi connectivity index (χ4v) is 5.32. The van der Waals surface area contributed by atoms with Crippen LogP contribution in [-0.4, -0.2) is 27.7 Å². The molecule has 0 heterocycles. The molecule has 2 rings (SSSR count). The highest BCUT2D eigenvalue weighted by Crippen LogP contribution is 2.05. The molecule has 0 aliphatic heterocycles. The lowest BCUT2D eigenvalue weighted by Crippen LogP contribution is -2.19. The van der Waals surface area contributed by atoms with E-state index < -0.39 is 24.8 Å². The van der Waals surface area contributed by atoms with E-state index in [9.17, 15) is 16.8 Å². The first-order valence-corrected chi connectivity index (χ1v) is 10.4. The van der Waals surface area contributed by atoms with Gasteiger partial charge in [0, 0.05) is 10.8 Å². The zero-order valence-electron chi connectivity index (χ0n) is 12.3. The zero-order chi connectivity index (χ0) is 16.8. The van der Waals surface area contributed by atoms with Crippen molar-refractivity contribution in [1.82, 2.24) is 0 Å². The maximum atomic E-state index is 12.0. The molecule has 0 atom stereocenters. The van der Waals surface area contributed by atoms with Crippen LogP contribution in [0.2, 0.25) is 0 Å². The summed E-state index contributed by atoms with van der Waals surface area (Å²) in [6.07, 6.45) is 0.283. The third-order valence-electron chi connectivity index (χ3n) is 3.00. The van der Waals surface area contributed by atoms with Gasteiger partial charge in [0.15, 0.2) is 14.9 Å². The third kappa shape index (κ3) is 6.27. The molecule has 0 fully saturated rings.